The minimum Gasteiger partial charge on any atom is -0.362 e. The molecule has 0 aromatic heterocycles. The number of anilines is 1. The van der Waals surface area contributed by atoms with Crippen LogP contribution in [0.2, 0.25) is 0 Å². The van der Waals surface area contributed by atoms with Crippen molar-refractivity contribution in [2.45, 2.75) is 0 Å². The smallest absolute Gasteiger partial charge is 0.150 e. The van der Waals surface area contributed by atoms with Crippen LogP contribution in [0.3, 0.4) is 0 Å². The van der Waals surface area contributed by atoms with Crippen LogP contribution in [-0.2, 0) is 0 Å². The first-order chi connectivity index (χ1) is 6.31. The van der Waals surface area contributed by atoms with E-state index in [4.69, 9.17) is 0 Å². The minimum atomic E-state index is 0.643. The predicted octanol–water partition coefficient (Wildman–Crippen LogP) is 2.70. The standard InChI is InChI=1S/C11H11NO/c1-3-10-7-9(8-13)5-6-11(10)12-4-2/h3-8,12H,1-2H2. The van der Waals surface area contributed by atoms with Gasteiger partial charge < -0.3 is 5.32 Å². The first-order valence-electron chi connectivity index (χ1n) is 3.91. The highest BCUT2D eigenvalue weighted by Gasteiger charge is 1.98. The minimum absolute atomic E-state index is 0.643. The number of rotatable bonds is 4. The molecule has 2 nitrogen and oxygen atoms in total. The second-order valence-corrected chi connectivity index (χ2v) is 2.52. The van der Waals surface area contributed by atoms with Gasteiger partial charge in [-0.25, -0.2) is 0 Å². The Labute approximate surface area is 77.6 Å². The summed E-state index contributed by atoms with van der Waals surface area (Å²) >= 11 is 0. The zero-order valence-corrected chi connectivity index (χ0v) is 7.29. The maximum Gasteiger partial charge on any atom is 0.150 e. The van der Waals surface area contributed by atoms with Crippen molar-refractivity contribution in [1.82, 2.24) is 0 Å². The van der Waals surface area contributed by atoms with Crippen LogP contribution >= 0.6 is 0 Å². The number of hydrogen-bond donors (Lipinski definition) is 1. The molecule has 1 rings (SSSR count). The summed E-state index contributed by atoms with van der Waals surface area (Å²) < 4.78 is 0. The molecule has 1 N–H and O–H groups in total. The van der Waals surface area contributed by atoms with Crippen molar-refractivity contribution < 1.29 is 4.79 Å². The number of carbonyl (C=O) groups excluding carboxylic acids is 1. The van der Waals surface area contributed by atoms with Crippen LogP contribution in [-0.4, -0.2) is 6.29 Å². The van der Waals surface area contributed by atoms with Crippen molar-refractivity contribution in [2.24, 2.45) is 0 Å². The van der Waals surface area contributed by atoms with E-state index >= 15 is 0 Å². The number of nitrogens with one attached hydrogen (secondary N) is 1. The Balaban J connectivity index is 3.14. The molecule has 0 aliphatic carbocycles. The molecule has 0 bridgehead atoms. The average Bonchev–Trinajstić information content (AvgIpc) is 2.19. The van der Waals surface area contributed by atoms with Crippen LogP contribution in [0, 0.1) is 0 Å². The molecule has 0 atom stereocenters. The zero-order valence-electron chi connectivity index (χ0n) is 7.29. The van der Waals surface area contributed by atoms with Gasteiger partial charge in [0.05, 0.1) is 0 Å². The van der Waals surface area contributed by atoms with Crippen molar-refractivity contribution in [1.29, 1.82) is 0 Å². The number of aldehydes is 1. The summed E-state index contributed by atoms with van der Waals surface area (Å²) in [7, 11) is 0. The van der Waals surface area contributed by atoms with Crippen molar-refractivity contribution in [3.05, 3.63) is 48.7 Å². The van der Waals surface area contributed by atoms with Crippen molar-refractivity contribution in [2.75, 3.05) is 5.32 Å². The van der Waals surface area contributed by atoms with Gasteiger partial charge in [-0.1, -0.05) is 19.2 Å². The van der Waals surface area contributed by atoms with Gasteiger partial charge >= 0.3 is 0 Å². The van der Waals surface area contributed by atoms with Gasteiger partial charge in [0.2, 0.25) is 0 Å². The molecule has 0 spiro atoms. The molecule has 1 aromatic carbocycles. The van der Waals surface area contributed by atoms with E-state index in [2.05, 4.69) is 18.5 Å². The third kappa shape index (κ3) is 2.06. The maximum absolute atomic E-state index is 10.5. The van der Waals surface area contributed by atoms with E-state index in [0.29, 0.717) is 5.56 Å². The van der Waals surface area contributed by atoms with Crippen LogP contribution in [0.5, 0.6) is 0 Å². The molecule has 1 aromatic rings. The van der Waals surface area contributed by atoms with Crippen molar-refractivity contribution >= 4 is 18.0 Å². The first kappa shape index (κ1) is 9.26. The largest absolute Gasteiger partial charge is 0.362 e. The molecule has 0 saturated heterocycles. The number of hydrogen-bond acceptors (Lipinski definition) is 2. The highest BCUT2D eigenvalue weighted by molar-refractivity contribution is 5.79. The van der Waals surface area contributed by atoms with E-state index in [9.17, 15) is 4.79 Å². The molecular weight excluding hydrogens is 162 g/mol. The molecule has 0 radical (unpaired) electrons. The molecule has 13 heavy (non-hydrogen) atoms. The summed E-state index contributed by atoms with van der Waals surface area (Å²) in [5.41, 5.74) is 2.43. The molecule has 2 heteroatoms. The molecule has 0 heterocycles. The van der Waals surface area contributed by atoms with Gasteiger partial charge in [0.25, 0.3) is 0 Å². The molecule has 0 saturated carbocycles. The Morgan fingerprint density at radius 3 is 2.62 bits per heavy atom. The molecule has 66 valence electrons. The Hall–Kier alpha value is -1.83. The maximum atomic E-state index is 10.5. The molecule has 0 aliphatic rings. The second-order valence-electron chi connectivity index (χ2n) is 2.52. The van der Waals surface area contributed by atoms with Gasteiger partial charge in [-0.05, 0) is 30.0 Å². The lowest BCUT2D eigenvalue weighted by Gasteiger charge is -2.05. The third-order valence-electron chi connectivity index (χ3n) is 1.69. The molecule has 0 aliphatic heterocycles. The van der Waals surface area contributed by atoms with Crippen LogP contribution < -0.4 is 5.32 Å². The van der Waals surface area contributed by atoms with Gasteiger partial charge in [-0.15, -0.1) is 0 Å². The van der Waals surface area contributed by atoms with E-state index in [1.54, 1.807) is 24.4 Å². The van der Waals surface area contributed by atoms with Crippen molar-refractivity contribution in [3.8, 4) is 0 Å². The summed E-state index contributed by atoms with van der Waals surface area (Å²) in [6.07, 6.45) is 4.09. The van der Waals surface area contributed by atoms with E-state index in [-0.39, 0.29) is 0 Å². The van der Waals surface area contributed by atoms with Crippen LogP contribution in [0.4, 0.5) is 5.69 Å². The quantitative estimate of drug-likeness (QED) is 0.709. The van der Waals surface area contributed by atoms with Crippen LogP contribution in [0.25, 0.3) is 6.08 Å². The van der Waals surface area contributed by atoms with E-state index in [0.717, 1.165) is 17.5 Å². The lowest BCUT2D eigenvalue weighted by atomic mass is 10.1. The predicted molar refractivity (Wildman–Crippen MR) is 55.7 cm³/mol. The van der Waals surface area contributed by atoms with Crippen LogP contribution in [0.1, 0.15) is 15.9 Å². The Morgan fingerprint density at radius 2 is 2.08 bits per heavy atom. The van der Waals surface area contributed by atoms with Gasteiger partial charge in [0.15, 0.2) is 0 Å². The fraction of sp³-hybridized carbons (Fsp3) is 0. The second kappa shape index (κ2) is 4.26. The van der Waals surface area contributed by atoms with Gasteiger partial charge in [0.1, 0.15) is 6.29 Å². The number of benzene rings is 1. The first-order valence-corrected chi connectivity index (χ1v) is 3.91. The topological polar surface area (TPSA) is 29.1 Å². The average molecular weight is 173 g/mol. The van der Waals surface area contributed by atoms with Crippen molar-refractivity contribution in [3.63, 3.8) is 0 Å². The summed E-state index contributed by atoms with van der Waals surface area (Å²) in [6, 6.07) is 5.33. The summed E-state index contributed by atoms with van der Waals surface area (Å²) in [5, 5.41) is 2.96. The lowest BCUT2D eigenvalue weighted by Crippen LogP contribution is -1.91. The SMILES string of the molecule is C=CNc1ccc(C=O)cc1C=C. The normalized spacial score (nSPS) is 8.92. The fourth-order valence-electron chi connectivity index (χ4n) is 1.06. The zero-order chi connectivity index (χ0) is 9.68. The van der Waals surface area contributed by atoms with E-state index < -0.39 is 0 Å². The summed E-state index contributed by atoms with van der Waals surface area (Å²) in [6.45, 7) is 7.22. The fourth-order valence-corrected chi connectivity index (χ4v) is 1.06. The van der Waals surface area contributed by atoms with Crippen LogP contribution in [0.15, 0.2) is 37.6 Å². The molecule has 0 unspecified atom stereocenters. The summed E-state index contributed by atoms with van der Waals surface area (Å²) in [5.74, 6) is 0. The van der Waals surface area contributed by atoms with E-state index in [1.807, 2.05) is 6.07 Å². The highest BCUT2D eigenvalue weighted by atomic mass is 16.1. The lowest BCUT2D eigenvalue weighted by molar-refractivity contribution is 0.112. The molecule has 0 fully saturated rings. The third-order valence-corrected chi connectivity index (χ3v) is 1.69. The Kier molecular flexibility index (Phi) is 3.03. The Morgan fingerprint density at radius 1 is 1.31 bits per heavy atom. The van der Waals surface area contributed by atoms with E-state index in [1.165, 1.54) is 0 Å². The monoisotopic (exact) mass is 173 g/mol. The number of carbonyl (C=O) groups is 1. The summed E-state index contributed by atoms with van der Waals surface area (Å²) in [4.78, 5) is 10.5. The van der Waals surface area contributed by atoms with Gasteiger partial charge in [-0.3, -0.25) is 4.79 Å². The highest BCUT2D eigenvalue weighted by Crippen LogP contribution is 2.17. The van der Waals surface area contributed by atoms with Gasteiger partial charge in [0, 0.05) is 11.3 Å². The molecular formula is C11H11NO. The molecule has 0 amide bonds. The Bertz CT molecular complexity index is 342. The van der Waals surface area contributed by atoms with Gasteiger partial charge in [-0.2, -0.15) is 0 Å².